The van der Waals surface area contributed by atoms with Crippen LogP contribution in [0.3, 0.4) is 0 Å². The normalized spacial score (nSPS) is 10.8. The lowest BCUT2D eigenvalue weighted by Crippen LogP contribution is -2.32. The molecule has 0 N–H and O–H groups in total. The van der Waals surface area contributed by atoms with Gasteiger partial charge in [-0.3, -0.25) is 4.79 Å². The van der Waals surface area contributed by atoms with Crippen LogP contribution < -0.4 is 0 Å². The van der Waals surface area contributed by atoms with E-state index in [1.165, 1.54) is 18.4 Å². The fraction of sp³-hybridized carbons (Fsp3) is 0.688. The number of aromatic nitrogens is 1. The molecule has 130 valence electrons. The van der Waals surface area contributed by atoms with E-state index in [0.717, 1.165) is 11.4 Å². The summed E-state index contributed by atoms with van der Waals surface area (Å²) in [6.45, 7) is 8.34. The summed E-state index contributed by atoms with van der Waals surface area (Å²) in [7, 11) is 1.33. The minimum atomic E-state index is -0.455. The maximum atomic E-state index is 12.4. The number of esters is 1. The molecule has 1 rings (SSSR count). The van der Waals surface area contributed by atoms with Crippen LogP contribution in [0.25, 0.3) is 0 Å². The quantitative estimate of drug-likeness (QED) is 0.483. The third-order valence-corrected chi connectivity index (χ3v) is 3.96. The average molecular weight is 342 g/mol. The summed E-state index contributed by atoms with van der Waals surface area (Å²) >= 11 is 1.36. The van der Waals surface area contributed by atoms with Crippen molar-refractivity contribution in [1.82, 2.24) is 9.88 Å². The minimum Gasteiger partial charge on any atom is -0.464 e. The Bertz CT molecular complexity index is 502. The highest BCUT2D eigenvalue weighted by atomic mass is 32.1. The monoisotopic (exact) mass is 342 g/mol. The van der Waals surface area contributed by atoms with E-state index in [2.05, 4.69) is 9.72 Å². The second-order valence-electron chi connectivity index (χ2n) is 5.58. The number of thiazole rings is 1. The van der Waals surface area contributed by atoms with Crippen LogP contribution in [0.4, 0.5) is 0 Å². The van der Waals surface area contributed by atoms with E-state index in [-0.39, 0.29) is 11.6 Å². The molecule has 23 heavy (non-hydrogen) atoms. The summed E-state index contributed by atoms with van der Waals surface area (Å²) in [5.41, 5.74) is 0.290. The molecule has 0 saturated heterocycles. The Balaban J connectivity index is 2.68. The van der Waals surface area contributed by atoms with Crippen molar-refractivity contribution in [2.24, 2.45) is 5.92 Å². The van der Waals surface area contributed by atoms with Gasteiger partial charge in [0, 0.05) is 31.6 Å². The van der Waals surface area contributed by atoms with Crippen molar-refractivity contribution >= 4 is 23.2 Å². The third kappa shape index (κ3) is 7.09. The van der Waals surface area contributed by atoms with E-state index < -0.39 is 5.97 Å². The van der Waals surface area contributed by atoms with E-state index in [1.54, 1.807) is 10.3 Å². The lowest BCUT2D eigenvalue weighted by atomic mass is 10.1. The van der Waals surface area contributed by atoms with E-state index in [0.29, 0.717) is 38.6 Å². The summed E-state index contributed by atoms with van der Waals surface area (Å²) in [5, 5.41) is 2.39. The largest absolute Gasteiger partial charge is 0.464 e. The molecule has 0 spiro atoms. The third-order valence-electron chi connectivity index (χ3n) is 3.13. The summed E-state index contributed by atoms with van der Waals surface area (Å²) in [6.07, 6.45) is 1.29. The molecule has 6 nitrogen and oxygen atoms in total. The second kappa shape index (κ2) is 10.3. The number of hydrogen-bond acceptors (Lipinski definition) is 6. The van der Waals surface area contributed by atoms with Crippen molar-refractivity contribution in [3.63, 3.8) is 0 Å². The van der Waals surface area contributed by atoms with Gasteiger partial charge >= 0.3 is 5.97 Å². The lowest BCUT2D eigenvalue weighted by molar-refractivity contribution is -0.132. The molecule has 0 unspecified atom stereocenters. The molecule has 0 radical (unpaired) electrons. The Morgan fingerprint density at radius 2 is 2.13 bits per heavy atom. The van der Waals surface area contributed by atoms with Gasteiger partial charge in [0.1, 0.15) is 5.01 Å². The van der Waals surface area contributed by atoms with Crippen molar-refractivity contribution in [3.8, 4) is 0 Å². The van der Waals surface area contributed by atoms with Gasteiger partial charge in [-0.2, -0.15) is 0 Å². The van der Waals surface area contributed by atoms with Gasteiger partial charge in [-0.15, -0.1) is 11.3 Å². The smallest absolute Gasteiger partial charge is 0.357 e. The average Bonchev–Trinajstić information content (AvgIpc) is 2.97. The molecule has 0 aliphatic carbocycles. The van der Waals surface area contributed by atoms with Gasteiger partial charge in [0.15, 0.2) is 5.69 Å². The molecule has 1 aromatic rings. The van der Waals surface area contributed by atoms with Gasteiger partial charge in [0.2, 0.25) is 5.91 Å². The number of methoxy groups -OCH3 is 1. The van der Waals surface area contributed by atoms with Crippen LogP contribution in [0.1, 0.15) is 49.1 Å². The van der Waals surface area contributed by atoms with Gasteiger partial charge in [-0.1, -0.05) is 13.8 Å². The molecule has 0 aliphatic heterocycles. The zero-order valence-electron chi connectivity index (χ0n) is 14.3. The molecule has 0 atom stereocenters. The molecule has 0 fully saturated rings. The van der Waals surface area contributed by atoms with Crippen LogP contribution in [0.5, 0.6) is 0 Å². The summed E-state index contributed by atoms with van der Waals surface area (Å²) in [5.74, 6) is -0.0472. The number of rotatable bonds is 10. The molecule has 7 heteroatoms. The highest BCUT2D eigenvalue weighted by Gasteiger charge is 2.18. The van der Waals surface area contributed by atoms with Crippen LogP contribution in [-0.4, -0.2) is 48.6 Å². The van der Waals surface area contributed by atoms with Gasteiger partial charge in [-0.05, 0) is 19.3 Å². The SMILES string of the molecule is CCOCCCN(Cc1nc(C(=O)OC)cs1)C(=O)CC(C)C. The molecule has 1 heterocycles. The lowest BCUT2D eigenvalue weighted by Gasteiger charge is -2.22. The molecule has 1 aromatic heterocycles. The summed E-state index contributed by atoms with van der Waals surface area (Å²) < 4.78 is 9.99. The van der Waals surface area contributed by atoms with Crippen molar-refractivity contribution < 1.29 is 19.1 Å². The first-order valence-electron chi connectivity index (χ1n) is 7.86. The number of amides is 1. The highest BCUT2D eigenvalue weighted by Crippen LogP contribution is 2.15. The molecule has 0 bridgehead atoms. The van der Waals surface area contributed by atoms with Crippen molar-refractivity contribution in [3.05, 3.63) is 16.1 Å². The molecule has 1 amide bonds. The van der Waals surface area contributed by atoms with Crippen molar-refractivity contribution in [2.75, 3.05) is 26.9 Å². The van der Waals surface area contributed by atoms with Gasteiger partial charge in [0.25, 0.3) is 0 Å². The maximum Gasteiger partial charge on any atom is 0.357 e. The van der Waals surface area contributed by atoms with Crippen molar-refractivity contribution in [2.45, 2.75) is 40.2 Å². The second-order valence-corrected chi connectivity index (χ2v) is 6.52. The first-order chi connectivity index (χ1) is 11.0. The maximum absolute atomic E-state index is 12.4. The van der Waals surface area contributed by atoms with Crippen LogP contribution in [0, 0.1) is 5.92 Å². The number of carbonyl (C=O) groups excluding carboxylic acids is 2. The zero-order chi connectivity index (χ0) is 17.2. The highest BCUT2D eigenvalue weighted by molar-refractivity contribution is 7.09. The summed E-state index contributed by atoms with van der Waals surface area (Å²) in [4.78, 5) is 29.9. The minimum absolute atomic E-state index is 0.103. The molecule has 0 aromatic carbocycles. The Hall–Kier alpha value is -1.47. The van der Waals surface area contributed by atoms with E-state index >= 15 is 0 Å². The first-order valence-corrected chi connectivity index (χ1v) is 8.74. The van der Waals surface area contributed by atoms with Crippen LogP contribution in [-0.2, 0) is 20.8 Å². The predicted molar refractivity (Wildman–Crippen MR) is 89.4 cm³/mol. The summed E-state index contributed by atoms with van der Waals surface area (Å²) in [6, 6.07) is 0. The number of ether oxygens (including phenoxy) is 2. The van der Waals surface area contributed by atoms with Crippen LogP contribution in [0.15, 0.2) is 5.38 Å². The predicted octanol–water partition coefficient (Wildman–Crippen LogP) is 2.73. The molecular formula is C16H26N2O4S. The number of nitrogens with zero attached hydrogens (tertiary/aromatic N) is 2. The Labute approximate surface area is 141 Å². The van der Waals surface area contributed by atoms with E-state index in [4.69, 9.17) is 4.74 Å². The fourth-order valence-corrected chi connectivity index (χ4v) is 2.80. The fourth-order valence-electron chi connectivity index (χ4n) is 2.02. The molecule has 0 saturated carbocycles. The van der Waals surface area contributed by atoms with Gasteiger partial charge in [0.05, 0.1) is 13.7 Å². The Kier molecular flexibility index (Phi) is 8.79. The van der Waals surface area contributed by atoms with Gasteiger partial charge < -0.3 is 14.4 Å². The zero-order valence-corrected chi connectivity index (χ0v) is 15.1. The topological polar surface area (TPSA) is 68.7 Å². The van der Waals surface area contributed by atoms with Crippen LogP contribution in [0.2, 0.25) is 0 Å². The van der Waals surface area contributed by atoms with Gasteiger partial charge in [-0.25, -0.2) is 9.78 Å². The van der Waals surface area contributed by atoms with Crippen molar-refractivity contribution in [1.29, 1.82) is 0 Å². The van der Waals surface area contributed by atoms with Crippen LogP contribution >= 0.6 is 11.3 Å². The first kappa shape index (κ1) is 19.6. The van der Waals surface area contributed by atoms with E-state index in [1.807, 2.05) is 20.8 Å². The molecular weight excluding hydrogens is 316 g/mol. The number of carbonyl (C=O) groups is 2. The molecule has 0 aliphatic rings. The number of hydrogen-bond donors (Lipinski definition) is 0. The Morgan fingerprint density at radius 1 is 1.39 bits per heavy atom. The standard InChI is InChI=1S/C16H26N2O4S/c1-5-22-8-6-7-18(15(19)9-12(2)3)10-14-17-13(11-23-14)16(20)21-4/h11-12H,5-10H2,1-4H3. The Morgan fingerprint density at radius 3 is 2.74 bits per heavy atom. The van der Waals surface area contributed by atoms with E-state index in [9.17, 15) is 9.59 Å².